The van der Waals surface area contributed by atoms with Gasteiger partial charge < -0.3 is 5.32 Å². The second-order valence-electron chi connectivity index (χ2n) is 8.08. The minimum absolute atomic E-state index is 0.0126. The van der Waals surface area contributed by atoms with E-state index in [2.05, 4.69) is 43.2 Å². The number of fused-ring (bicyclic) bond motifs is 1. The number of piperidine rings is 1. The summed E-state index contributed by atoms with van der Waals surface area (Å²) < 4.78 is 4.20. The van der Waals surface area contributed by atoms with Crippen LogP contribution in [0.3, 0.4) is 0 Å². The monoisotopic (exact) mass is 434 g/mol. The number of anilines is 1. The van der Waals surface area contributed by atoms with E-state index in [-0.39, 0.29) is 5.91 Å². The maximum absolute atomic E-state index is 12.5. The van der Waals surface area contributed by atoms with Crippen LogP contribution in [0.5, 0.6) is 0 Å². The zero-order chi connectivity index (χ0) is 21.2. The third kappa shape index (κ3) is 4.26. The molecule has 1 N–H and O–H groups in total. The average Bonchev–Trinajstić information content (AvgIpc) is 3.48. The number of carbonyl (C=O) groups excluding carboxylic acids is 1. The Morgan fingerprint density at radius 2 is 2.00 bits per heavy atom. The van der Waals surface area contributed by atoms with Crippen molar-refractivity contribution in [3.8, 4) is 0 Å². The highest BCUT2D eigenvalue weighted by Crippen LogP contribution is 2.27. The van der Waals surface area contributed by atoms with Crippen LogP contribution in [0.25, 0.3) is 4.96 Å². The molecule has 160 valence electrons. The molecule has 1 aromatic carbocycles. The van der Waals surface area contributed by atoms with Crippen molar-refractivity contribution in [2.24, 2.45) is 0 Å². The molecule has 0 saturated carbocycles. The van der Waals surface area contributed by atoms with Gasteiger partial charge >= 0.3 is 0 Å². The summed E-state index contributed by atoms with van der Waals surface area (Å²) in [5, 5.41) is 9.65. The minimum Gasteiger partial charge on any atom is -0.311 e. The van der Waals surface area contributed by atoms with E-state index in [1.54, 1.807) is 17.5 Å². The second kappa shape index (κ2) is 8.64. The number of hydrogen-bond acceptors (Lipinski definition) is 5. The molecule has 8 heteroatoms. The third-order valence-corrected chi connectivity index (χ3v) is 6.74. The van der Waals surface area contributed by atoms with Crippen LogP contribution in [0.4, 0.5) is 5.82 Å². The Balaban J connectivity index is 1.19. The molecule has 5 rings (SSSR count). The van der Waals surface area contributed by atoms with Gasteiger partial charge in [-0.25, -0.2) is 9.67 Å². The summed E-state index contributed by atoms with van der Waals surface area (Å²) in [4.78, 5) is 20.7. The second-order valence-corrected chi connectivity index (χ2v) is 8.95. The van der Waals surface area contributed by atoms with Gasteiger partial charge in [-0.05, 0) is 25.3 Å². The van der Waals surface area contributed by atoms with Crippen LogP contribution in [-0.4, -0.2) is 43.1 Å². The topological polar surface area (TPSA) is 67.5 Å². The molecule has 1 aliphatic rings. The standard InChI is InChI=1S/C23H26N6OS/c1-17-20(28-13-14-31-23(28)25-17)16-27-11-8-19(9-12-27)29-21(7-10-24-29)26-22(30)15-18-5-3-2-4-6-18/h2-7,10,13-14,19H,8-9,11-12,15-16H2,1H3,(H,26,30). The molecular formula is C23H26N6OS. The van der Waals surface area contributed by atoms with Crippen molar-refractivity contribution in [2.45, 2.75) is 38.8 Å². The predicted molar refractivity (Wildman–Crippen MR) is 122 cm³/mol. The van der Waals surface area contributed by atoms with Crippen LogP contribution in [0.2, 0.25) is 0 Å². The normalized spacial score (nSPS) is 15.5. The molecule has 0 spiro atoms. The van der Waals surface area contributed by atoms with Gasteiger partial charge in [0.15, 0.2) is 4.96 Å². The van der Waals surface area contributed by atoms with Crippen LogP contribution in [0.15, 0.2) is 54.2 Å². The number of thiazole rings is 1. The summed E-state index contributed by atoms with van der Waals surface area (Å²) in [6.45, 7) is 5.00. The summed E-state index contributed by atoms with van der Waals surface area (Å²) >= 11 is 1.68. The van der Waals surface area contributed by atoms with Crippen molar-refractivity contribution >= 4 is 28.0 Å². The summed E-state index contributed by atoms with van der Waals surface area (Å²) in [7, 11) is 0. The Morgan fingerprint density at radius 1 is 1.19 bits per heavy atom. The van der Waals surface area contributed by atoms with Gasteiger partial charge in [-0.3, -0.25) is 14.1 Å². The lowest BCUT2D eigenvalue weighted by Gasteiger charge is -2.32. The van der Waals surface area contributed by atoms with Gasteiger partial charge in [-0.2, -0.15) is 5.10 Å². The van der Waals surface area contributed by atoms with Gasteiger partial charge in [-0.15, -0.1) is 11.3 Å². The van der Waals surface area contributed by atoms with E-state index in [0.717, 1.165) is 54.5 Å². The van der Waals surface area contributed by atoms with E-state index in [9.17, 15) is 4.79 Å². The van der Waals surface area contributed by atoms with Gasteiger partial charge in [0.2, 0.25) is 5.91 Å². The van der Waals surface area contributed by atoms with Gasteiger partial charge in [0, 0.05) is 37.3 Å². The predicted octanol–water partition coefficient (Wildman–Crippen LogP) is 3.92. The molecule has 1 saturated heterocycles. The Morgan fingerprint density at radius 3 is 2.81 bits per heavy atom. The number of imidazole rings is 1. The van der Waals surface area contributed by atoms with Crippen LogP contribution in [0, 0.1) is 6.92 Å². The first-order valence-electron chi connectivity index (χ1n) is 10.7. The first-order chi connectivity index (χ1) is 15.2. The van der Waals surface area contributed by atoms with E-state index in [4.69, 9.17) is 0 Å². The number of benzene rings is 1. The highest BCUT2D eigenvalue weighted by Gasteiger charge is 2.24. The maximum atomic E-state index is 12.5. The SMILES string of the molecule is Cc1nc2sccn2c1CN1CCC(n2nccc2NC(=O)Cc2ccccc2)CC1. The number of aromatic nitrogens is 4. The zero-order valence-corrected chi connectivity index (χ0v) is 18.4. The third-order valence-electron chi connectivity index (χ3n) is 5.98. The first kappa shape index (κ1) is 20.0. The molecular weight excluding hydrogens is 408 g/mol. The molecule has 0 aliphatic carbocycles. The lowest BCUT2D eigenvalue weighted by atomic mass is 10.0. The quantitative estimate of drug-likeness (QED) is 0.500. The van der Waals surface area contributed by atoms with Crippen LogP contribution in [0.1, 0.15) is 35.8 Å². The fourth-order valence-corrected chi connectivity index (χ4v) is 5.12. The Hall–Kier alpha value is -2.97. The largest absolute Gasteiger partial charge is 0.311 e. The molecule has 1 fully saturated rings. The Labute approximate surface area is 185 Å². The smallest absolute Gasteiger partial charge is 0.229 e. The fourth-order valence-electron chi connectivity index (χ4n) is 4.34. The van der Waals surface area contributed by atoms with E-state index in [1.807, 2.05) is 41.1 Å². The van der Waals surface area contributed by atoms with Crippen molar-refractivity contribution in [3.05, 3.63) is 71.1 Å². The van der Waals surface area contributed by atoms with Gasteiger partial charge in [0.25, 0.3) is 0 Å². The highest BCUT2D eigenvalue weighted by atomic mass is 32.1. The highest BCUT2D eigenvalue weighted by molar-refractivity contribution is 7.15. The van der Waals surface area contributed by atoms with Crippen molar-refractivity contribution in [1.82, 2.24) is 24.1 Å². The molecule has 1 amide bonds. The molecule has 0 radical (unpaired) electrons. The lowest BCUT2D eigenvalue weighted by molar-refractivity contribution is -0.115. The molecule has 31 heavy (non-hydrogen) atoms. The molecule has 0 unspecified atom stereocenters. The molecule has 0 bridgehead atoms. The number of rotatable bonds is 6. The van der Waals surface area contributed by atoms with Gasteiger partial charge in [0.05, 0.1) is 30.0 Å². The van der Waals surface area contributed by atoms with Crippen molar-refractivity contribution in [2.75, 3.05) is 18.4 Å². The lowest BCUT2D eigenvalue weighted by Crippen LogP contribution is -2.35. The minimum atomic E-state index is -0.0126. The Bertz CT molecular complexity index is 1170. The van der Waals surface area contributed by atoms with E-state index >= 15 is 0 Å². The van der Waals surface area contributed by atoms with E-state index < -0.39 is 0 Å². The van der Waals surface area contributed by atoms with Gasteiger partial charge in [-0.1, -0.05) is 30.3 Å². The fraction of sp³-hybridized carbons (Fsp3) is 0.348. The number of nitrogens with one attached hydrogen (secondary N) is 1. The summed E-state index contributed by atoms with van der Waals surface area (Å²) in [6, 6.07) is 12.0. The van der Waals surface area contributed by atoms with Crippen LogP contribution in [-0.2, 0) is 17.8 Å². The Kier molecular flexibility index (Phi) is 5.57. The maximum Gasteiger partial charge on any atom is 0.229 e. The number of aryl methyl sites for hydroxylation is 1. The summed E-state index contributed by atoms with van der Waals surface area (Å²) in [5.41, 5.74) is 3.40. The van der Waals surface area contributed by atoms with Crippen molar-refractivity contribution in [3.63, 3.8) is 0 Å². The van der Waals surface area contributed by atoms with E-state index in [1.165, 1.54) is 5.69 Å². The zero-order valence-electron chi connectivity index (χ0n) is 17.6. The van der Waals surface area contributed by atoms with Crippen molar-refractivity contribution in [1.29, 1.82) is 0 Å². The first-order valence-corrected chi connectivity index (χ1v) is 11.6. The number of likely N-dealkylation sites (tertiary alicyclic amines) is 1. The average molecular weight is 435 g/mol. The van der Waals surface area contributed by atoms with Crippen molar-refractivity contribution < 1.29 is 4.79 Å². The molecule has 1 aliphatic heterocycles. The molecule has 4 heterocycles. The van der Waals surface area contributed by atoms with Gasteiger partial charge in [0.1, 0.15) is 5.82 Å². The van der Waals surface area contributed by atoms with E-state index in [0.29, 0.717) is 12.5 Å². The number of amides is 1. The molecule has 4 aromatic rings. The molecule has 0 atom stereocenters. The number of nitrogens with zero attached hydrogens (tertiary/aromatic N) is 5. The molecule has 3 aromatic heterocycles. The van der Waals surface area contributed by atoms with Crippen LogP contribution < -0.4 is 5.32 Å². The number of carbonyl (C=O) groups is 1. The summed E-state index contributed by atoms with van der Waals surface area (Å²) in [5.74, 6) is 0.771. The summed E-state index contributed by atoms with van der Waals surface area (Å²) in [6.07, 6.45) is 6.26. The number of hydrogen-bond donors (Lipinski definition) is 1. The van der Waals surface area contributed by atoms with Crippen LogP contribution >= 0.6 is 11.3 Å². The molecule has 7 nitrogen and oxygen atoms in total.